The summed E-state index contributed by atoms with van der Waals surface area (Å²) in [5, 5.41) is 21.7. The molecule has 0 atom stereocenters. The van der Waals surface area contributed by atoms with E-state index in [1.54, 1.807) is 0 Å². The van der Waals surface area contributed by atoms with E-state index >= 15 is 0 Å². The highest BCUT2D eigenvalue weighted by molar-refractivity contribution is 9.10. The van der Waals surface area contributed by atoms with E-state index < -0.39 is 33.8 Å². The van der Waals surface area contributed by atoms with Crippen LogP contribution < -0.4 is 16.1 Å². The maximum Gasteiger partial charge on any atom is 0.288 e. The van der Waals surface area contributed by atoms with E-state index in [0.29, 0.717) is 4.47 Å². The highest BCUT2D eigenvalue weighted by Crippen LogP contribution is 2.30. The summed E-state index contributed by atoms with van der Waals surface area (Å²) < 4.78 is 29.0. The molecule has 0 saturated carbocycles. The molecule has 112 valence electrons. The van der Waals surface area contributed by atoms with Gasteiger partial charge in [-0.25, -0.2) is 4.39 Å². The highest BCUT2D eigenvalue weighted by Gasteiger charge is 2.17. The molecule has 1 aromatic heterocycles. The summed E-state index contributed by atoms with van der Waals surface area (Å²) in [5.41, 5.74) is -2.36. The minimum Gasteiger partial charge on any atom is -0.733 e. The van der Waals surface area contributed by atoms with Crippen molar-refractivity contribution in [2.24, 2.45) is 7.05 Å². The third kappa shape index (κ3) is 3.04. The van der Waals surface area contributed by atoms with Crippen LogP contribution in [-0.4, -0.2) is 9.77 Å². The van der Waals surface area contributed by atoms with E-state index in [0.717, 1.165) is 16.8 Å². The van der Waals surface area contributed by atoms with Gasteiger partial charge in [0, 0.05) is 17.7 Å². The monoisotopic (exact) mass is 360 g/mol. The van der Waals surface area contributed by atoms with E-state index in [4.69, 9.17) is 5.21 Å². The predicted molar refractivity (Wildman–Crippen MR) is 76.7 cm³/mol. The fraction of sp³-hybridized carbons (Fsp3) is 0.0833. The van der Waals surface area contributed by atoms with Gasteiger partial charge < -0.3 is 20.3 Å². The number of rotatable bonds is 3. The zero-order chi connectivity index (χ0) is 15.7. The lowest BCUT2D eigenvalue weighted by molar-refractivity contribution is 0.295. The Labute approximate surface area is 125 Å². The van der Waals surface area contributed by atoms with Gasteiger partial charge in [0.1, 0.15) is 11.5 Å². The normalized spacial score (nSPS) is 10.6. The summed E-state index contributed by atoms with van der Waals surface area (Å²) in [6.45, 7) is 0. The van der Waals surface area contributed by atoms with E-state index in [2.05, 4.69) is 21.2 Å². The van der Waals surface area contributed by atoms with Crippen molar-refractivity contribution >= 4 is 33.0 Å². The fourth-order valence-electron chi connectivity index (χ4n) is 1.67. The molecule has 1 heterocycles. The number of hydrogen-bond donors (Lipinski definition) is 2. The first-order chi connectivity index (χ1) is 9.81. The molecule has 0 spiro atoms. The molecular weight excluding hydrogens is 352 g/mol. The Balaban J connectivity index is 2.58. The van der Waals surface area contributed by atoms with Gasteiger partial charge in [-0.15, -0.1) is 0 Å². The first-order valence-corrected chi connectivity index (χ1v) is 6.38. The van der Waals surface area contributed by atoms with Gasteiger partial charge in [-0.2, -0.15) is 4.39 Å². The third-order valence-corrected chi connectivity index (χ3v) is 3.19. The Morgan fingerprint density at radius 3 is 2.67 bits per heavy atom. The number of nitrogens with zero attached hydrogens (tertiary/aromatic N) is 2. The molecule has 2 N–H and O–H groups in total. The number of aromatic nitrogens is 1. The van der Waals surface area contributed by atoms with Crippen LogP contribution in [0.4, 0.5) is 25.8 Å². The first kappa shape index (κ1) is 15.4. The number of halogens is 3. The van der Waals surface area contributed by atoms with Crippen LogP contribution in [0.3, 0.4) is 0 Å². The zero-order valence-electron chi connectivity index (χ0n) is 10.6. The molecule has 0 radical (unpaired) electrons. The number of aryl methyl sites for hydroxylation is 1. The molecule has 0 aliphatic heterocycles. The van der Waals surface area contributed by atoms with Crippen LogP contribution >= 0.6 is 15.9 Å². The Hall–Kier alpha value is -1.97. The van der Waals surface area contributed by atoms with Crippen molar-refractivity contribution < 1.29 is 14.0 Å². The van der Waals surface area contributed by atoms with Gasteiger partial charge in [-0.05, 0) is 18.2 Å². The Morgan fingerprint density at radius 1 is 1.43 bits per heavy atom. The predicted octanol–water partition coefficient (Wildman–Crippen LogP) is 2.86. The van der Waals surface area contributed by atoms with Crippen molar-refractivity contribution in [1.82, 2.24) is 4.57 Å². The van der Waals surface area contributed by atoms with Crippen LogP contribution in [0.1, 0.15) is 0 Å². The lowest BCUT2D eigenvalue weighted by Gasteiger charge is -2.25. The second kappa shape index (κ2) is 5.80. The third-order valence-electron chi connectivity index (χ3n) is 2.70. The second-order valence-corrected chi connectivity index (χ2v) is 5.06. The van der Waals surface area contributed by atoms with Gasteiger partial charge >= 0.3 is 0 Å². The molecule has 0 aliphatic rings. The van der Waals surface area contributed by atoms with Crippen LogP contribution in [0.15, 0.2) is 33.7 Å². The molecule has 6 nitrogen and oxygen atoms in total. The highest BCUT2D eigenvalue weighted by atomic mass is 79.9. The molecule has 0 unspecified atom stereocenters. The van der Waals surface area contributed by atoms with Gasteiger partial charge in [0.2, 0.25) is 5.82 Å². The number of anilines is 3. The summed E-state index contributed by atoms with van der Waals surface area (Å²) in [7, 11) is 1.21. The second-order valence-electron chi connectivity index (χ2n) is 4.14. The van der Waals surface area contributed by atoms with Gasteiger partial charge in [0.05, 0.1) is 11.4 Å². The molecule has 0 fully saturated rings. The van der Waals surface area contributed by atoms with Gasteiger partial charge in [0.15, 0.2) is 0 Å². The quantitative estimate of drug-likeness (QED) is 0.822. The van der Waals surface area contributed by atoms with Crippen LogP contribution in [0.25, 0.3) is 0 Å². The molecule has 1 aromatic carbocycles. The van der Waals surface area contributed by atoms with Crippen molar-refractivity contribution in [3.63, 3.8) is 0 Å². The van der Waals surface area contributed by atoms with Crippen molar-refractivity contribution in [2.75, 3.05) is 10.5 Å². The number of hydrogen-bond acceptors (Lipinski definition) is 5. The molecule has 9 heteroatoms. The molecule has 0 aliphatic carbocycles. The van der Waals surface area contributed by atoms with E-state index in [9.17, 15) is 18.8 Å². The number of nitrogens with one attached hydrogen (secondary N) is 1. The van der Waals surface area contributed by atoms with Crippen LogP contribution in [0, 0.1) is 16.8 Å². The molecule has 0 bridgehead atoms. The SMILES string of the molecule is Cn1cc(N([O-])O)c(Nc2ccc(Br)cc2F)c(F)c1=O. The van der Waals surface area contributed by atoms with E-state index in [-0.39, 0.29) is 5.69 Å². The average molecular weight is 361 g/mol. The van der Waals surface area contributed by atoms with Crippen LogP contribution in [-0.2, 0) is 7.05 Å². The molecule has 2 aromatic rings. The summed E-state index contributed by atoms with van der Waals surface area (Å²) in [5.74, 6) is -2.04. The average Bonchev–Trinajstić information content (AvgIpc) is 2.41. The fourth-order valence-corrected chi connectivity index (χ4v) is 2.00. The van der Waals surface area contributed by atoms with Crippen molar-refractivity contribution in [2.45, 2.75) is 0 Å². The maximum atomic E-state index is 14.0. The van der Waals surface area contributed by atoms with Crippen molar-refractivity contribution in [1.29, 1.82) is 0 Å². The van der Waals surface area contributed by atoms with Crippen molar-refractivity contribution in [3.05, 3.63) is 56.1 Å². The lowest BCUT2D eigenvalue weighted by Crippen LogP contribution is -2.24. The van der Waals surface area contributed by atoms with Crippen molar-refractivity contribution in [3.8, 4) is 0 Å². The standard InChI is InChI=1S/C12H9BrF2N3O3/c1-17-5-9(18(20)21)11(10(15)12(17)19)16-8-3-2-6(13)4-7(8)14/h2-5,16,20H,1H3/q-1. The molecule has 21 heavy (non-hydrogen) atoms. The number of pyridine rings is 1. The summed E-state index contributed by atoms with van der Waals surface area (Å²) in [6.07, 6.45) is 0.928. The molecular formula is C12H9BrF2N3O3-. The maximum absolute atomic E-state index is 14.0. The topological polar surface area (TPSA) is 80.6 Å². The van der Waals surface area contributed by atoms with Gasteiger partial charge in [-0.1, -0.05) is 15.9 Å². The van der Waals surface area contributed by atoms with E-state index in [1.807, 2.05) is 0 Å². The van der Waals surface area contributed by atoms with Crippen LogP contribution in [0.2, 0.25) is 0 Å². The number of benzene rings is 1. The van der Waals surface area contributed by atoms with Gasteiger partial charge in [0.25, 0.3) is 5.56 Å². The summed E-state index contributed by atoms with van der Waals surface area (Å²) in [4.78, 5) is 11.5. The molecule has 2 rings (SSSR count). The van der Waals surface area contributed by atoms with Crippen LogP contribution in [0.5, 0.6) is 0 Å². The lowest BCUT2D eigenvalue weighted by atomic mass is 10.2. The van der Waals surface area contributed by atoms with E-state index in [1.165, 1.54) is 19.2 Å². The smallest absolute Gasteiger partial charge is 0.288 e. The summed E-state index contributed by atoms with van der Waals surface area (Å²) >= 11 is 3.06. The Morgan fingerprint density at radius 2 is 2.10 bits per heavy atom. The Kier molecular flexibility index (Phi) is 4.26. The molecule has 0 saturated heterocycles. The molecule has 0 amide bonds. The summed E-state index contributed by atoms with van der Waals surface area (Å²) in [6, 6.07) is 3.89. The first-order valence-electron chi connectivity index (χ1n) is 5.58. The minimum atomic E-state index is -1.31. The van der Waals surface area contributed by atoms with Gasteiger partial charge in [-0.3, -0.25) is 10.0 Å². The zero-order valence-corrected chi connectivity index (χ0v) is 12.2. The Bertz CT molecular complexity index is 749. The minimum absolute atomic E-state index is 0.159. The largest absolute Gasteiger partial charge is 0.733 e.